The summed E-state index contributed by atoms with van der Waals surface area (Å²) < 4.78 is 16.2. The first-order valence-corrected chi connectivity index (χ1v) is 10.7. The fraction of sp³-hybridized carbons (Fsp3) is 0.320. The van der Waals surface area contributed by atoms with Crippen LogP contribution in [0.4, 0.5) is 5.95 Å². The van der Waals surface area contributed by atoms with Gasteiger partial charge in [-0.15, -0.1) is 0 Å². The highest BCUT2D eigenvalue weighted by Gasteiger charge is 2.21. The molecule has 0 amide bonds. The maximum absolute atomic E-state index is 11.8. The Balaban J connectivity index is 1.59. The Morgan fingerprint density at radius 1 is 1.03 bits per heavy atom. The van der Waals surface area contributed by atoms with Crippen molar-refractivity contribution in [2.45, 2.75) is 25.8 Å². The summed E-state index contributed by atoms with van der Waals surface area (Å²) in [4.78, 5) is 23.0. The number of methoxy groups -OCH3 is 3. The number of aryl methyl sites for hydroxylation is 2. The predicted molar refractivity (Wildman–Crippen MR) is 124 cm³/mol. The summed E-state index contributed by atoms with van der Waals surface area (Å²) in [6.45, 7) is 1.49. The summed E-state index contributed by atoms with van der Waals surface area (Å²) >= 11 is 0. The van der Waals surface area contributed by atoms with E-state index in [1.54, 1.807) is 21.3 Å². The van der Waals surface area contributed by atoms with Crippen LogP contribution in [0.15, 0.2) is 42.6 Å². The van der Waals surface area contributed by atoms with Crippen molar-refractivity contribution in [3.8, 4) is 17.2 Å². The third kappa shape index (κ3) is 4.69. The minimum Gasteiger partial charge on any atom is -0.493 e. The molecule has 0 aliphatic carbocycles. The molecule has 1 N–H and O–H groups in total. The summed E-state index contributed by atoms with van der Waals surface area (Å²) in [5.74, 6) is 1.14. The van der Waals surface area contributed by atoms with Gasteiger partial charge in [0.05, 0.1) is 32.6 Å². The summed E-state index contributed by atoms with van der Waals surface area (Å²) in [5.41, 5.74) is 4.11. The minimum absolute atomic E-state index is 0.114. The van der Waals surface area contributed by atoms with Crippen molar-refractivity contribution in [3.63, 3.8) is 0 Å². The van der Waals surface area contributed by atoms with Crippen molar-refractivity contribution < 1.29 is 24.1 Å². The van der Waals surface area contributed by atoms with E-state index in [9.17, 15) is 9.90 Å². The third-order valence-corrected chi connectivity index (χ3v) is 5.87. The SMILES string of the molecule is COc1cc(CCc2nc(N3CCc4ccccc4C3)ncc2C(=O)O)cc(OC)c1OC. The van der Waals surface area contributed by atoms with Gasteiger partial charge in [-0.3, -0.25) is 0 Å². The van der Waals surface area contributed by atoms with Crippen LogP contribution in [-0.2, 0) is 25.8 Å². The van der Waals surface area contributed by atoms with Crippen molar-refractivity contribution in [1.29, 1.82) is 0 Å². The van der Waals surface area contributed by atoms with Crippen LogP contribution in [0.2, 0.25) is 0 Å². The molecule has 33 heavy (non-hydrogen) atoms. The van der Waals surface area contributed by atoms with Crippen molar-refractivity contribution in [2.75, 3.05) is 32.8 Å². The van der Waals surface area contributed by atoms with Gasteiger partial charge in [0, 0.05) is 19.3 Å². The molecule has 0 radical (unpaired) electrons. The van der Waals surface area contributed by atoms with E-state index in [4.69, 9.17) is 14.2 Å². The third-order valence-electron chi connectivity index (χ3n) is 5.87. The number of hydrogen-bond donors (Lipinski definition) is 1. The molecule has 0 unspecified atom stereocenters. The number of fused-ring (bicyclic) bond motifs is 1. The molecular weight excluding hydrogens is 422 g/mol. The summed E-state index contributed by atoms with van der Waals surface area (Å²) in [5, 5.41) is 9.68. The molecule has 8 heteroatoms. The maximum Gasteiger partial charge on any atom is 0.339 e. The van der Waals surface area contributed by atoms with Gasteiger partial charge >= 0.3 is 5.97 Å². The van der Waals surface area contributed by atoms with E-state index in [-0.39, 0.29) is 5.56 Å². The Morgan fingerprint density at radius 2 is 1.73 bits per heavy atom. The number of nitrogens with zero attached hydrogens (tertiary/aromatic N) is 3. The van der Waals surface area contributed by atoms with E-state index >= 15 is 0 Å². The molecule has 172 valence electrons. The molecule has 0 saturated carbocycles. The molecule has 0 spiro atoms. The lowest BCUT2D eigenvalue weighted by Crippen LogP contribution is -2.32. The Labute approximate surface area is 192 Å². The van der Waals surface area contributed by atoms with Crippen LogP contribution < -0.4 is 19.1 Å². The highest BCUT2D eigenvalue weighted by Crippen LogP contribution is 2.38. The molecule has 0 saturated heterocycles. The zero-order valence-electron chi connectivity index (χ0n) is 19.0. The number of benzene rings is 2. The largest absolute Gasteiger partial charge is 0.493 e. The molecular formula is C25H27N3O5. The fourth-order valence-corrected chi connectivity index (χ4v) is 4.14. The van der Waals surface area contributed by atoms with Gasteiger partial charge in [-0.1, -0.05) is 24.3 Å². The number of carboxylic acids is 1. The molecule has 0 bridgehead atoms. The molecule has 0 atom stereocenters. The maximum atomic E-state index is 11.8. The second-order valence-electron chi connectivity index (χ2n) is 7.81. The van der Waals surface area contributed by atoms with E-state index in [0.717, 1.165) is 18.5 Å². The number of carbonyl (C=O) groups is 1. The monoisotopic (exact) mass is 449 g/mol. The van der Waals surface area contributed by atoms with Crippen LogP contribution in [0.25, 0.3) is 0 Å². The Morgan fingerprint density at radius 3 is 2.36 bits per heavy atom. The van der Waals surface area contributed by atoms with Crippen LogP contribution in [0.3, 0.4) is 0 Å². The van der Waals surface area contributed by atoms with Gasteiger partial charge < -0.3 is 24.2 Å². The number of anilines is 1. The smallest absolute Gasteiger partial charge is 0.339 e. The van der Waals surface area contributed by atoms with Crippen LogP contribution in [0.5, 0.6) is 17.2 Å². The molecule has 2 heterocycles. The number of ether oxygens (including phenoxy) is 3. The second-order valence-corrected chi connectivity index (χ2v) is 7.81. The van der Waals surface area contributed by atoms with Gasteiger partial charge in [0.15, 0.2) is 11.5 Å². The lowest BCUT2D eigenvalue weighted by molar-refractivity contribution is 0.0694. The summed E-state index contributed by atoms with van der Waals surface area (Å²) in [7, 11) is 4.69. The lowest BCUT2D eigenvalue weighted by Gasteiger charge is -2.29. The summed E-state index contributed by atoms with van der Waals surface area (Å²) in [6.07, 6.45) is 3.30. The Hall–Kier alpha value is -3.81. The van der Waals surface area contributed by atoms with E-state index in [1.807, 2.05) is 24.3 Å². The topological polar surface area (TPSA) is 94.0 Å². The van der Waals surface area contributed by atoms with E-state index in [0.29, 0.717) is 48.3 Å². The molecule has 4 rings (SSSR count). The van der Waals surface area contributed by atoms with Crippen molar-refractivity contribution >= 4 is 11.9 Å². The Kier molecular flexibility index (Phi) is 6.63. The molecule has 1 aliphatic rings. The zero-order chi connectivity index (χ0) is 23.4. The Bertz CT molecular complexity index is 1140. The average molecular weight is 450 g/mol. The van der Waals surface area contributed by atoms with Crippen LogP contribution >= 0.6 is 0 Å². The summed E-state index contributed by atoms with van der Waals surface area (Å²) in [6, 6.07) is 12.1. The molecule has 1 aromatic heterocycles. The molecule has 0 fully saturated rings. The first-order valence-electron chi connectivity index (χ1n) is 10.7. The van der Waals surface area contributed by atoms with Gasteiger partial charge in [0.1, 0.15) is 0 Å². The van der Waals surface area contributed by atoms with Crippen molar-refractivity contribution in [2.24, 2.45) is 0 Å². The molecule has 1 aliphatic heterocycles. The number of aromatic carboxylic acids is 1. The molecule has 8 nitrogen and oxygen atoms in total. The van der Waals surface area contributed by atoms with Gasteiger partial charge in [0.25, 0.3) is 0 Å². The number of aromatic nitrogens is 2. The second kappa shape index (κ2) is 9.77. The lowest BCUT2D eigenvalue weighted by atomic mass is 10.0. The number of rotatable bonds is 8. The quantitative estimate of drug-likeness (QED) is 0.558. The van der Waals surface area contributed by atoms with Crippen LogP contribution in [-0.4, -0.2) is 48.9 Å². The molecule has 2 aromatic carbocycles. The van der Waals surface area contributed by atoms with Crippen molar-refractivity contribution in [1.82, 2.24) is 9.97 Å². The average Bonchev–Trinajstić information content (AvgIpc) is 2.86. The van der Waals surface area contributed by atoms with E-state index in [2.05, 4.69) is 27.0 Å². The van der Waals surface area contributed by atoms with Gasteiger partial charge in [-0.2, -0.15) is 0 Å². The van der Waals surface area contributed by atoms with Crippen molar-refractivity contribution in [3.05, 3.63) is 70.5 Å². The first-order chi connectivity index (χ1) is 16.0. The zero-order valence-corrected chi connectivity index (χ0v) is 19.0. The van der Waals surface area contributed by atoms with Gasteiger partial charge in [-0.25, -0.2) is 14.8 Å². The van der Waals surface area contributed by atoms with Crippen LogP contribution in [0, 0.1) is 0 Å². The fourth-order valence-electron chi connectivity index (χ4n) is 4.14. The highest BCUT2D eigenvalue weighted by molar-refractivity contribution is 5.88. The highest BCUT2D eigenvalue weighted by atomic mass is 16.5. The van der Waals surface area contributed by atoms with E-state index in [1.165, 1.54) is 17.3 Å². The van der Waals surface area contributed by atoms with Crippen LogP contribution in [0.1, 0.15) is 32.7 Å². The molecule has 3 aromatic rings. The predicted octanol–water partition coefficient (Wildman–Crippen LogP) is 3.55. The first kappa shape index (κ1) is 22.4. The number of hydrogen-bond acceptors (Lipinski definition) is 7. The normalized spacial score (nSPS) is 12.8. The van der Waals surface area contributed by atoms with E-state index < -0.39 is 5.97 Å². The van der Waals surface area contributed by atoms with Gasteiger partial charge in [0.2, 0.25) is 11.7 Å². The minimum atomic E-state index is -1.04. The number of carboxylic acid groups (broad SMARTS) is 1. The standard InChI is InChI=1S/C25H27N3O5/c1-31-21-12-16(13-22(32-2)23(21)33-3)8-9-20-19(24(29)30)14-26-25(27-20)28-11-10-17-6-4-5-7-18(17)15-28/h4-7,12-14H,8-11,15H2,1-3H3,(H,29,30). The van der Waals surface area contributed by atoms with Gasteiger partial charge in [-0.05, 0) is 48.1 Å².